The first-order valence-electron chi connectivity index (χ1n) is 46.8. The monoisotopic (exact) mass is 1910 g/mol. The number of carbonyl (C=O) groups is 6. The molecule has 0 spiro atoms. The first kappa shape index (κ1) is 111. The minimum absolute atomic E-state index is 0. The number of ketones is 1. The second kappa shape index (κ2) is 56.2. The van der Waals surface area contributed by atoms with Gasteiger partial charge in [0.2, 0.25) is 5.82 Å². The number of hydrogen-bond donors (Lipinski definition) is 6. The molecule has 6 saturated heterocycles. The van der Waals surface area contributed by atoms with Crippen LogP contribution in [0.1, 0.15) is 157 Å². The van der Waals surface area contributed by atoms with E-state index in [1.165, 1.54) is 70.6 Å². The number of ether oxygens (including phenoxy) is 7. The standard InChI is InChI=1S/C23H29N3O2.C20H22N2O3.C19H20N2O3.C14H20N2O3.C8H9NO3.C6H4FNO2.C6H11NO.C4H11N.C4H8O.Na.H2O/c1-4-25(5-2)23(27)17-10-11-20-22(16-17)28-21-9-7-6-8-19(21)26(20)18-12-14-24(3)15-13-18;1-21-11-9-15(10-12-21)22-16-5-3-4-6-18(16)25-19-13-14(20(23)24-2)7-8-17(19)22;1-20-10-8-14(9-11-20)21-15-4-2-3-5-17(15)24-18-12-13(19(22)23)6-7-16(18)21;1-16-7-5-11(6-8-16)15-12-4-3-10(9-13(12)17)14(18)19-2;1-12-8(11)5-2-3-6(9)7(10)4-5;7-5-3-1-2-4-6(5)8(9)10;1-7-4-2-6(8)3-5-7;1-3-5-4-2;1-2-4-5-3-1;;/h6-11,16,18H,4-5,12-15H2,1-3H3;3-8,13,15H,9-12H2,1-2H3;2-7,12,14H,8-11H2,1H3,(H,22,23);3-4,9,11,15,17H,5-8H2,1-2H3;2-4,10H,9H2,1H3;1-4H;2-5H2,1H3;5H,3-4H2,1-2H3;1-4H2;;1H2/q;;;;;;;;;+1;/p-1. The predicted octanol–water partition coefficient (Wildman–Crippen LogP) is 14.7. The van der Waals surface area contributed by atoms with Gasteiger partial charge in [-0.3, -0.25) is 19.7 Å². The molecule has 9 aliphatic rings. The first-order chi connectivity index (χ1) is 65.6. The number of piperidine rings is 5. The van der Waals surface area contributed by atoms with Crippen molar-refractivity contribution in [3.05, 3.63) is 232 Å². The van der Waals surface area contributed by atoms with Crippen LogP contribution in [-0.2, 0) is 23.7 Å². The molecule has 32 nitrogen and oxygen atoms in total. The summed E-state index contributed by atoms with van der Waals surface area (Å²) in [6.45, 7) is 24.3. The Labute approximate surface area is 831 Å². The third-order valence-corrected chi connectivity index (χ3v) is 24.7. The Morgan fingerprint density at radius 1 is 0.464 bits per heavy atom. The number of hydrogen-bond acceptors (Lipinski definition) is 29. The molecule has 0 bridgehead atoms. The van der Waals surface area contributed by atoms with Crippen LogP contribution in [0.5, 0.6) is 46.0 Å². The molecule has 0 aliphatic carbocycles. The Morgan fingerprint density at radius 3 is 1.15 bits per heavy atom. The molecular formula is C104H135FN13NaO19. The van der Waals surface area contributed by atoms with E-state index in [4.69, 9.17) is 34.5 Å². The normalized spacial score (nSPS) is 16.1. The van der Waals surface area contributed by atoms with Crippen LogP contribution < -0.4 is 74.8 Å². The number of nitrogens with two attached hydrogens (primary N) is 1. The van der Waals surface area contributed by atoms with E-state index in [-0.39, 0.29) is 75.2 Å². The van der Waals surface area contributed by atoms with Crippen LogP contribution in [0.4, 0.5) is 55.6 Å². The molecule has 18 rings (SSSR count). The van der Waals surface area contributed by atoms with Gasteiger partial charge in [-0.15, -0.1) is 0 Å². The van der Waals surface area contributed by atoms with E-state index in [1.807, 2.05) is 105 Å². The summed E-state index contributed by atoms with van der Waals surface area (Å²) in [4.78, 5) is 98.5. The number of Topliss-reactive ketones (excluding diaryl/α,β-unsaturated/α-hetero) is 1. The molecule has 0 atom stereocenters. The molecule has 0 radical (unpaired) electrons. The number of phenols is 2. The second-order valence-electron chi connectivity index (χ2n) is 34.3. The number of anilines is 8. The minimum atomic E-state index is -0.939. The van der Waals surface area contributed by atoms with Crippen molar-refractivity contribution in [2.45, 2.75) is 129 Å². The molecule has 9 aliphatic heterocycles. The van der Waals surface area contributed by atoms with Gasteiger partial charge in [-0.2, -0.15) is 4.39 Å². The van der Waals surface area contributed by atoms with Gasteiger partial charge in [0, 0.05) is 88.0 Å². The van der Waals surface area contributed by atoms with Gasteiger partial charge in [-0.25, -0.2) is 19.2 Å². The number of nitrogen functional groups attached to an aromatic ring is 1. The van der Waals surface area contributed by atoms with Crippen molar-refractivity contribution in [1.29, 1.82) is 0 Å². The summed E-state index contributed by atoms with van der Waals surface area (Å²) in [5, 5.41) is 44.7. The quantitative estimate of drug-likeness (QED) is 0.0106. The molecule has 9 aromatic carbocycles. The molecule has 0 aromatic heterocycles. The van der Waals surface area contributed by atoms with E-state index in [1.54, 1.807) is 30.3 Å². The smallest absolute Gasteiger partial charge is 0.870 e. The summed E-state index contributed by atoms with van der Waals surface area (Å²) in [6, 6.07) is 56.5. The molecule has 9 aromatic rings. The van der Waals surface area contributed by atoms with Crippen molar-refractivity contribution >= 4 is 86.8 Å². The number of fused-ring (bicyclic) bond motifs is 6. The number of carboxylic acids is 1. The minimum Gasteiger partial charge on any atom is -0.870 e. The summed E-state index contributed by atoms with van der Waals surface area (Å²) in [5.74, 6) is 2.00. The number of aromatic carboxylic acids is 1. The largest absolute Gasteiger partial charge is 1.00 e. The Morgan fingerprint density at radius 2 is 0.804 bits per heavy atom. The van der Waals surface area contributed by atoms with E-state index in [9.17, 15) is 53.5 Å². The van der Waals surface area contributed by atoms with Gasteiger partial charge < -0.3 is 114 Å². The van der Waals surface area contributed by atoms with Gasteiger partial charge in [0.15, 0.2) is 34.5 Å². The number of nitro groups is 1. The molecule has 9 heterocycles. The van der Waals surface area contributed by atoms with Gasteiger partial charge in [0.05, 0.1) is 94.0 Å². The summed E-state index contributed by atoms with van der Waals surface area (Å²) < 4.78 is 49.6. The number of carboxylic acid groups (broad SMARTS) is 1. The molecule has 0 unspecified atom stereocenters. The fourth-order valence-corrected chi connectivity index (χ4v) is 16.8. The number of rotatable bonds is 15. The van der Waals surface area contributed by atoms with Crippen molar-refractivity contribution < 1.29 is 122 Å². The molecule has 34 heteroatoms. The van der Waals surface area contributed by atoms with E-state index >= 15 is 0 Å². The summed E-state index contributed by atoms with van der Waals surface area (Å²) in [5.41, 5.74) is 14.1. The Balaban J connectivity index is 0.000000199. The number of halogens is 1. The number of esters is 3. The maximum atomic E-state index is 12.8. The number of benzene rings is 9. The number of amides is 1. The fourth-order valence-electron chi connectivity index (χ4n) is 16.8. The van der Waals surface area contributed by atoms with Gasteiger partial charge in [-0.05, 0) is 312 Å². The van der Waals surface area contributed by atoms with Crippen LogP contribution in [0.2, 0.25) is 0 Å². The number of aromatic hydroxyl groups is 2. The zero-order valence-electron chi connectivity index (χ0n) is 81.8. The van der Waals surface area contributed by atoms with Gasteiger partial charge in [-0.1, -0.05) is 62.4 Å². The Hall–Kier alpha value is -12.0. The molecule has 8 N–H and O–H groups in total. The number of likely N-dealkylation sites (tertiary alicyclic amines) is 5. The topological polar surface area (TPSA) is 380 Å². The second-order valence-corrected chi connectivity index (χ2v) is 34.3. The van der Waals surface area contributed by atoms with E-state index in [0.717, 1.165) is 225 Å². The van der Waals surface area contributed by atoms with Crippen molar-refractivity contribution in [3.63, 3.8) is 0 Å². The van der Waals surface area contributed by atoms with Crippen molar-refractivity contribution in [2.75, 3.05) is 187 Å². The maximum absolute atomic E-state index is 12.8. The Kier molecular flexibility index (Phi) is 45.3. The SMILES string of the molecule is C1CCOC1.CCN(CC)C(=O)c1ccc2c(c1)Oc1ccccc1N2C1CCN(C)CC1.CCNCC.CN1CCC(=O)CC1.CN1CCC(N2c3ccccc3Oc3cc(C(=O)O)ccc32)CC1.COC(=O)c1ccc(N)c(O)c1.COC(=O)c1ccc(NC2CCN(C)CC2)c(O)c1.COC(=O)c1ccc2c(c1)Oc1ccccc1N2C1CCN(C)CC1.O=[N+]([O-])c1ccccc1F.[Na+].[OH-]. The number of methoxy groups -OCH3 is 3. The van der Waals surface area contributed by atoms with Crippen LogP contribution in [0.15, 0.2) is 188 Å². The zero-order valence-corrected chi connectivity index (χ0v) is 83.8. The fraction of sp³-hybridized carbons (Fsp3) is 0.423. The molecular weight excluding hydrogens is 1780 g/mol. The van der Waals surface area contributed by atoms with Crippen LogP contribution in [-0.4, -0.2) is 276 Å². The number of nitro benzene ring substituents is 1. The van der Waals surface area contributed by atoms with Gasteiger partial charge in [0.1, 0.15) is 17.3 Å². The van der Waals surface area contributed by atoms with Crippen LogP contribution in [0.25, 0.3) is 0 Å². The third-order valence-electron chi connectivity index (χ3n) is 24.7. The summed E-state index contributed by atoms with van der Waals surface area (Å²) in [6.07, 6.45) is 12.8. The van der Waals surface area contributed by atoms with Crippen LogP contribution in [0, 0.1) is 15.9 Å². The Bertz CT molecular complexity index is 5410. The average Bonchev–Trinajstić information content (AvgIpc) is 0.870. The molecule has 0 saturated carbocycles. The molecule has 138 heavy (non-hydrogen) atoms. The van der Waals surface area contributed by atoms with E-state index in [0.29, 0.717) is 76.9 Å². The number of nitrogens with zero attached hydrogens (tertiary/aromatic N) is 10. The molecule has 738 valence electrons. The van der Waals surface area contributed by atoms with Crippen molar-refractivity contribution in [1.82, 2.24) is 34.7 Å². The number of carbonyl (C=O) groups excluding carboxylic acids is 5. The molecule has 1 amide bonds. The van der Waals surface area contributed by atoms with Gasteiger partial charge >= 0.3 is 59.1 Å². The van der Waals surface area contributed by atoms with Crippen molar-refractivity contribution in [2.24, 2.45) is 0 Å². The molecule has 6 fully saturated rings. The van der Waals surface area contributed by atoms with Crippen LogP contribution >= 0.6 is 0 Å². The summed E-state index contributed by atoms with van der Waals surface area (Å²) in [7, 11) is 14.6. The van der Waals surface area contributed by atoms with E-state index in [2.05, 4.69) is 132 Å². The number of nitrogens with one attached hydrogen (secondary N) is 2. The number of phenolic OH excluding ortho intramolecular Hbond substituents is 2. The first-order valence-corrected chi connectivity index (χ1v) is 46.8. The average molecular weight is 1910 g/mol. The number of para-hydroxylation sites is 7. The van der Waals surface area contributed by atoms with E-state index < -0.39 is 34.3 Å². The third kappa shape index (κ3) is 31.5. The van der Waals surface area contributed by atoms with Gasteiger partial charge in [0.25, 0.3) is 5.91 Å². The van der Waals surface area contributed by atoms with Crippen molar-refractivity contribution in [3.8, 4) is 46.0 Å². The predicted molar refractivity (Wildman–Crippen MR) is 531 cm³/mol. The summed E-state index contributed by atoms with van der Waals surface area (Å²) >= 11 is 0. The van der Waals surface area contributed by atoms with Crippen LogP contribution in [0.3, 0.4) is 0 Å². The zero-order chi connectivity index (χ0) is 97.9. The maximum Gasteiger partial charge on any atom is 1.00 e.